The van der Waals surface area contributed by atoms with E-state index < -0.39 is 0 Å². The molecule has 3 N–H and O–H groups in total. The lowest BCUT2D eigenvalue weighted by atomic mass is 9.88. The van der Waals surface area contributed by atoms with Gasteiger partial charge in [0.05, 0.1) is 12.1 Å². The minimum atomic E-state index is 0.00201. The fraction of sp³-hybridized carbons (Fsp3) is 1.00. The van der Waals surface area contributed by atoms with Gasteiger partial charge in [0.25, 0.3) is 0 Å². The molecule has 0 atom stereocenters. The quantitative estimate of drug-likeness (QED) is 0.552. The zero-order chi connectivity index (χ0) is 11.6. The zero-order valence-electron chi connectivity index (χ0n) is 10.6. The van der Waals surface area contributed by atoms with Gasteiger partial charge in [-0.1, -0.05) is 39.5 Å². The zero-order valence-corrected chi connectivity index (χ0v) is 10.6. The Morgan fingerprint density at radius 3 is 1.93 bits per heavy atom. The maximum Gasteiger partial charge on any atom is 0.0654 e. The van der Waals surface area contributed by atoms with Crippen molar-refractivity contribution in [1.82, 2.24) is 5.48 Å². The number of unbranched alkanes of at least 4 members (excludes halogenated alkanes) is 2. The highest BCUT2D eigenvalue weighted by Gasteiger charge is 2.27. The third-order valence-electron chi connectivity index (χ3n) is 2.84. The van der Waals surface area contributed by atoms with E-state index in [-0.39, 0.29) is 5.54 Å². The maximum atomic E-state index is 5.89. The normalized spacial score (nSPS) is 12.0. The first kappa shape index (κ1) is 14.9. The highest BCUT2D eigenvalue weighted by Crippen LogP contribution is 2.20. The second-order valence-corrected chi connectivity index (χ2v) is 4.23. The van der Waals surface area contributed by atoms with E-state index in [1.807, 2.05) is 6.92 Å². The van der Waals surface area contributed by atoms with Crippen molar-refractivity contribution >= 4 is 0 Å². The van der Waals surface area contributed by atoms with Crippen LogP contribution in [0.1, 0.15) is 59.3 Å². The Balaban J connectivity index is 4.16. The minimum absolute atomic E-state index is 0.00201. The van der Waals surface area contributed by atoms with Gasteiger partial charge in [0.1, 0.15) is 0 Å². The molecule has 0 aliphatic heterocycles. The fourth-order valence-electron chi connectivity index (χ4n) is 1.73. The van der Waals surface area contributed by atoms with E-state index in [4.69, 9.17) is 10.6 Å². The van der Waals surface area contributed by atoms with Gasteiger partial charge in [-0.2, -0.15) is 5.48 Å². The molecule has 0 radical (unpaired) electrons. The van der Waals surface area contributed by atoms with Crippen molar-refractivity contribution in [2.24, 2.45) is 5.73 Å². The third kappa shape index (κ3) is 6.13. The highest BCUT2D eigenvalue weighted by molar-refractivity contribution is 4.86. The summed E-state index contributed by atoms with van der Waals surface area (Å²) in [5.74, 6) is 0. The molecule has 0 saturated heterocycles. The molecular weight excluding hydrogens is 188 g/mol. The van der Waals surface area contributed by atoms with Gasteiger partial charge < -0.3 is 10.6 Å². The molecule has 0 fully saturated rings. The number of hydrogen-bond donors (Lipinski definition) is 2. The number of nitrogens with two attached hydrogens (primary N) is 1. The maximum absolute atomic E-state index is 5.89. The molecule has 0 aliphatic rings. The lowest BCUT2D eigenvalue weighted by Crippen LogP contribution is -2.51. The van der Waals surface area contributed by atoms with E-state index in [0.717, 1.165) is 12.8 Å². The molecule has 0 aromatic carbocycles. The van der Waals surface area contributed by atoms with Crippen molar-refractivity contribution in [3.8, 4) is 0 Å². The predicted molar refractivity (Wildman–Crippen MR) is 65.6 cm³/mol. The summed E-state index contributed by atoms with van der Waals surface area (Å²) in [4.78, 5) is 5.35. The monoisotopic (exact) mass is 216 g/mol. The second-order valence-electron chi connectivity index (χ2n) is 4.23. The predicted octanol–water partition coefficient (Wildman–Crippen LogP) is 2.61. The molecule has 0 unspecified atom stereocenters. The average molecular weight is 216 g/mol. The van der Waals surface area contributed by atoms with Crippen molar-refractivity contribution in [2.75, 3.05) is 13.2 Å². The Kier molecular flexibility index (Phi) is 9.06. The lowest BCUT2D eigenvalue weighted by molar-refractivity contribution is -0.0223. The molecule has 92 valence electrons. The van der Waals surface area contributed by atoms with Crippen LogP contribution in [0.15, 0.2) is 0 Å². The SMILES string of the molecule is CCCCC(CN)(CCCC)NOCC. The van der Waals surface area contributed by atoms with Crippen molar-refractivity contribution in [2.45, 2.75) is 64.8 Å². The molecule has 0 amide bonds. The van der Waals surface area contributed by atoms with Gasteiger partial charge in [-0.05, 0) is 19.8 Å². The molecule has 0 aliphatic carbocycles. The molecular formula is C12H28N2O. The van der Waals surface area contributed by atoms with Gasteiger partial charge in [-0.3, -0.25) is 0 Å². The average Bonchev–Trinajstić information content (AvgIpc) is 2.29. The first-order chi connectivity index (χ1) is 7.24. The van der Waals surface area contributed by atoms with E-state index in [2.05, 4.69) is 19.3 Å². The third-order valence-corrected chi connectivity index (χ3v) is 2.84. The topological polar surface area (TPSA) is 47.3 Å². The van der Waals surface area contributed by atoms with Crippen molar-refractivity contribution < 1.29 is 4.84 Å². The van der Waals surface area contributed by atoms with Crippen LogP contribution in [0, 0.1) is 0 Å². The Labute approximate surface area is 94.7 Å². The largest absolute Gasteiger partial charge is 0.329 e. The van der Waals surface area contributed by atoms with Crippen LogP contribution in [-0.2, 0) is 4.84 Å². The Bertz CT molecular complexity index is 118. The summed E-state index contributed by atoms with van der Waals surface area (Å²) >= 11 is 0. The first-order valence-corrected chi connectivity index (χ1v) is 6.33. The van der Waals surface area contributed by atoms with Crippen LogP contribution in [0.4, 0.5) is 0 Å². The molecule has 0 heterocycles. The molecule has 0 saturated carbocycles. The van der Waals surface area contributed by atoms with Gasteiger partial charge in [0.2, 0.25) is 0 Å². The molecule has 15 heavy (non-hydrogen) atoms. The summed E-state index contributed by atoms with van der Waals surface area (Å²) in [6.45, 7) is 7.77. The number of hydroxylamine groups is 1. The van der Waals surface area contributed by atoms with Crippen LogP contribution in [0.3, 0.4) is 0 Å². The Hall–Kier alpha value is -0.120. The molecule has 3 nitrogen and oxygen atoms in total. The van der Waals surface area contributed by atoms with Crippen molar-refractivity contribution in [3.63, 3.8) is 0 Å². The smallest absolute Gasteiger partial charge is 0.0654 e. The Morgan fingerprint density at radius 2 is 1.60 bits per heavy atom. The fourth-order valence-corrected chi connectivity index (χ4v) is 1.73. The van der Waals surface area contributed by atoms with Crippen LogP contribution < -0.4 is 11.2 Å². The summed E-state index contributed by atoms with van der Waals surface area (Å²) in [5.41, 5.74) is 9.07. The van der Waals surface area contributed by atoms with Gasteiger partial charge in [-0.25, -0.2) is 0 Å². The second kappa shape index (κ2) is 9.13. The number of hydrogen-bond acceptors (Lipinski definition) is 3. The molecule has 0 aromatic heterocycles. The molecule has 3 heteroatoms. The molecule has 0 bridgehead atoms. The van der Waals surface area contributed by atoms with E-state index in [1.165, 1.54) is 25.7 Å². The van der Waals surface area contributed by atoms with Crippen LogP contribution in [0.5, 0.6) is 0 Å². The molecule has 0 spiro atoms. The van der Waals surface area contributed by atoms with E-state index in [9.17, 15) is 0 Å². The van der Waals surface area contributed by atoms with Gasteiger partial charge >= 0.3 is 0 Å². The van der Waals surface area contributed by atoms with Crippen molar-refractivity contribution in [3.05, 3.63) is 0 Å². The van der Waals surface area contributed by atoms with Crippen LogP contribution in [-0.4, -0.2) is 18.7 Å². The van der Waals surface area contributed by atoms with E-state index >= 15 is 0 Å². The van der Waals surface area contributed by atoms with Crippen LogP contribution in [0.2, 0.25) is 0 Å². The standard InChI is InChI=1S/C12H28N2O/c1-4-7-9-12(11-13,10-8-5-2)14-15-6-3/h14H,4-11,13H2,1-3H3. The Morgan fingerprint density at radius 1 is 1.07 bits per heavy atom. The summed E-state index contributed by atoms with van der Waals surface area (Å²) in [7, 11) is 0. The highest BCUT2D eigenvalue weighted by atomic mass is 16.6. The summed E-state index contributed by atoms with van der Waals surface area (Å²) in [5, 5.41) is 0. The minimum Gasteiger partial charge on any atom is -0.329 e. The first-order valence-electron chi connectivity index (χ1n) is 6.33. The summed E-state index contributed by atoms with van der Waals surface area (Å²) < 4.78 is 0. The molecule has 0 aromatic rings. The summed E-state index contributed by atoms with van der Waals surface area (Å²) in [6.07, 6.45) is 7.06. The molecule has 0 rings (SSSR count). The van der Waals surface area contributed by atoms with Crippen molar-refractivity contribution in [1.29, 1.82) is 0 Å². The number of nitrogens with one attached hydrogen (secondary N) is 1. The van der Waals surface area contributed by atoms with Gasteiger partial charge in [0, 0.05) is 6.54 Å². The van der Waals surface area contributed by atoms with Crippen LogP contribution >= 0.6 is 0 Å². The van der Waals surface area contributed by atoms with Crippen LogP contribution in [0.25, 0.3) is 0 Å². The van der Waals surface area contributed by atoms with Gasteiger partial charge in [0.15, 0.2) is 0 Å². The number of rotatable bonds is 10. The van der Waals surface area contributed by atoms with E-state index in [0.29, 0.717) is 13.2 Å². The van der Waals surface area contributed by atoms with Gasteiger partial charge in [-0.15, -0.1) is 0 Å². The lowest BCUT2D eigenvalue weighted by Gasteiger charge is -2.33. The van der Waals surface area contributed by atoms with E-state index in [1.54, 1.807) is 0 Å². The summed E-state index contributed by atoms with van der Waals surface area (Å²) in [6, 6.07) is 0.